The first-order valence-electron chi connectivity index (χ1n) is 14.7. The highest BCUT2D eigenvalue weighted by molar-refractivity contribution is 6.02. The zero-order valence-corrected chi connectivity index (χ0v) is 26.5. The predicted molar refractivity (Wildman–Crippen MR) is 167 cm³/mol. The molecule has 9 nitrogen and oxygen atoms in total. The molecule has 0 atom stereocenters. The number of fused-ring (bicyclic) bond motifs is 1. The van der Waals surface area contributed by atoms with E-state index in [1.807, 2.05) is 26.8 Å². The molecule has 4 aromatic rings. The van der Waals surface area contributed by atoms with Gasteiger partial charge in [0.15, 0.2) is 5.82 Å². The standard InChI is InChI=1S/C31H31F3N6O3.C2H6/c1-6-19-9-18(15-35)10-23(32)28(19)39(3)26-12-24-27(36-17-38(24)2)29(37-26)40(30(41)21-13-31(33,34)14-21)16-20-7-8-22(42-4)11-25(20)43-5;1-2/h7-12,17,21H,6,13-14,16H2,1-5H3;1-2H3. The molecule has 0 radical (unpaired) electrons. The van der Waals surface area contributed by atoms with Crippen molar-refractivity contribution < 1.29 is 27.4 Å². The molecule has 0 N–H and O–H groups in total. The fraction of sp³-hybridized carbons (Fsp3) is 0.394. The second kappa shape index (κ2) is 13.5. The number of aromatic nitrogens is 3. The zero-order valence-electron chi connectivity index (χ0n) is 26.5. The molecule has 1 fully saturated rings. The van der Waals surface area contributed by atoms with Gasteiger partial charge in [0.2, 0.25) is 11.8 Å². The first-order valence-corrected chi connectivity index (χ1v) is 14.7. The maximum Gasteiger partial charge on any atom is 0.249 e. The number of pyridine rings is 1. The summed E-state index contributed by atoms with van der Waals surface area (Å²) in [5.41, 5.74) is 2.60. The van der Waals surface area contributed by atoms with Crippen LogP contribution in [0.25, 0.3) is 11.0 Å². The summed E-state index contributed by atoms with van der Waals surface area (Å²) in [5, 5.41) is 9.34. The molecule has 0 unspecified atom stereocenters. The summed E-state index contributed by atoms with van der Waals surface area (Å²) in [6.45, 7) is 5.80. The Morgan fingerprint density at radius 3 is 2.44 bits per heavy atom. The Morgan fingerprint density at radius 1 is 1.13 bits per heavy atom. The van der Waals surface area contributed by atoms with Gasteiger partial charge in [-0.25, -0.2) is 23.1 Å². The van der Waals surface area contributed by atoms with E-state index in [2.05, 4.69) is 4.98 Å². The van der Waals surface area contributed by atoms with Gasteiger partial charge in [-0.05, 0) is 36.2 Å². The van der Waals surface area contributed by atoms with E-state index in [-0.39, 0.29) is 23.6 Å². The van der Waals surface area contributed by atoms with Gasteiger partial charge in [-0.2, -0.15) is 5.26 Å². The van der Waals surface area contributed by atoms with Gasteiger partial charge in [0, 0.05) is 50.6 Å². The van der Waals surface area contributed by atoms with Crippen molar-refractivity contribution in [1.29, 1.82) is 5.26 Å². The minimum absolute atomic E-state index is 0.0502. The minimum Gasteiger partial charge on any atom is -0.497 e. The smallest absolute Gasteiger partial charge is 0.249 e. The highest BCUT2D eigenvalue weighted by Gasteiger charge is 2.50. The Morgan fingerprint density at radius 2 is 1.84 bits per heavy atom. The topological polar surface area (TPSA) is 96.5 Å². The number of halogens is 3. The number of imidazole rings is 1. The van der Waals surface area contributed by atoms with Crippen molar-refractivity contribution in [3.8, 4) is 17.6 Å². The van der Waals surface area contributed by atoms with E-state index in [1.54, 1.807) is 60.2 Å². The number of ether oxygens (including phenoxy) is 2. The molecule has 2 aromatic carbocycles. The Bertz CT molecular complexity index is 1740. The number of hydrogen-bond donors (Lipinski definition) is 0. The Hall–Kier alpha value is -4.79. The Balaban J connectivity index is 0.00000226. The average molecular weight is 623 g/mol. The van der Waals surface area contributed by atoms with Crippen molar-refractivity contribution in [1.82, 2.24) is 14.5 Å². The maximum atomic E-state index is 15.4. The van der Waals surface area contributed by atoms with Gasteiger partial charge in [0.1, 0.15) is 28.7 Å². The molecular weight excluding hydrogens is 585 g/mol. The lowest BCUT2D eigenvalue weighted by atomic mass is 9.80. The molecule has 0 bridgehead atoms. The molecule has 0 spiro atoms. The average Bonchev–Trinajstić information content (AvgIpc) is 3.42. The van der Waals surface area contributed by atoms with E-state index < -0.39 is 36.4 Å². The summed E-state index contributed by atoms with van der Waals surface area (Å²) in [7, 11) is 6.42. The van der Waals surface area contributed by atoms with Crippen molar-refractivity contribution in [3.05, 3.63) is 65.2 Å². The Kier molecular flexibility index (Phi) is 9.91. The van der Waals surface area contributed by atoms with Crippen LogP contribution in [-0.4, -0.2) is 47.6 Å². The summed E-state index contributed by atoms with van der Waals surface area (Å²) >= 11 is 0. The molecular formula is C33H37F3N6O3. The summed E-state index contributed by atoms with van der Waals surface area (Å²) in [6.07, 6.45) is 0.880. The van der Waals surface area contributed by atoms with E-state index in [1.165, 1.54) is 19.1 Å². The van der Waals surface area contributed by atoms with Crippen molar-refractivity contribution in [2.24, 2.45) is 13.0 Å². The number of rotatable bonds is 9. The first kappa shape index (κ1) is 33.1. The lowest BCUT2D eigenvalue weighted by molar-refractivity contribution is -0.147. The number of aryl methyl sites for hydroxylation is 2. The molecule has 2 aromatic heterocycles. The molecule has 45 heavy (non-hydrogen) atoms. The number of methoxy groups -OCH3 is 2. The van der Waals surface area contributed by atoms with Crippen LogP contribution in [0.15, 0.2) is 42.7 Å². The van der Waals surface area contributed by atoms with Crippen LogP contribution in [-0.2, 0) is 24.8 Å². The number of benzene rings is 2. The maximum absolute atomic E-state index is 15.4. The Labute approximate surface area is 260 Å². The molecule has 1 amide bonds. The van der Waals surface area contributed by atoms with Crippen molar-refractivity contribution in [2.45, 2.75) is 52.5 Å². The molecule has 1 aliphatic carbocycles. The van der Waals surface area contributed by atoms with Gasteiger partial charge >= 0.3 is 0 Å². The van der Waals surface area contributed by atoms with E-state index in [4.69, 9.17) is 14.5 Å². The number of nitrogens with zero attached hydrogens (tertiary/aromatic N) is 6. The number of amides is 1. The van der Waals surface area contributed by atoms with Crippen molar-refractivity contribution >= 4 is 34.3 Å². The van der Waals surface area contributed by atoms with Gasteiger partial charge in [-0.3, -0.25) is 9.69 Å². The van der Waals surface area contributed by atoms with Crippen LogP contribution in [0.3, 0.4) is 0 Å². The molecule has 1 saturated carbocycles. The van der Waals surface area contributed by atoms with Crippen molar-refractivity contribution in [2.75, 3.05) is 31.1 Å². The van der Waals surface area contributed by atoms with Crippen LogP contribution in [0.1, 0.15) is 50.3 Å². The largest absolute Gasteiger partial charge is 0.497 e. The number of anilines is 3. The minimum atomic E-state index is -2.91. The van der Waals surface area contributed by atoms with Crippen LogP contribution >= 0.6 is 0 Å². The second-order valence-electron chi connectivity index (χ2n) is 10.6. The summed E-state index contributed by atoms with van der Waals surface area (Å²) in [5.74, 6) is -3.53. The van der Waals surface area contributed by atoms with Crippen LogP contribution in [0.4, 0.5) is 30.5 Å². The lowest BCUT2D eigenvalue weighted by Gasteiger charge is -2.37. The molecule has 5 rings (SSSR count). The third kappa shape index (κ3) is 6.53. The molecule has 2 heterocycles. The van der Waals surface area contributed by atoms with E-state index >= 15 is 4.39 Å². The number of alkyl halides is 2. The molecule has 1 aliphatic rings. The summed E-state index contributed by atoms with van der Waals surface area (Å²) in [6, 6.07) is 11.6. The van der Waals surface area contributed by atoms with Gasteiger partial charge < -0.3 is 18.9 Å². The summed E-state index contributed by atoms with van der Waals surface area (Å²) in [4.78, 5) is 26.1. The number of hydrogen-bond acceptors (Lipinski definition) is 7. The third-order valence-corrected chi connectivity index (χ3v) is 7.80. The molecule has 238 valence electrons. The lowest BCUT2D eigenvalue weighted by Crippen LogP contribution is -2.47. The third-order valence-electron chi connectivity index (χ3n) is 7.80. The normalized spacial score (nSPS) is 13.7. The van der Waals surface area contributed by atoms with Crippen LogP contribution in [0.2, 0.25) is 0 Å². The molecule has 0 saturated heterocycles. The van der Waals surface area contributed by atoms with Crippen LogP contribution in [0.5, 0.6) is 11.5 Å². The molecule has 0 aliphatic heterocycles. The van der Waals surface area contributed by atoms with E-state index in [0.29, 0.717) is 45.9 Å². The number of carbonyl (C=O) groups is 1. The molecule has 12 heteroatoms. The van der Waals surface area contributed by atoms with Crippen LogP contribution in [0, 0.1) is 23.1 Å². The quantitative estimate of drug-likeness (QED) is 0.200. The van der Waals surface area contributed by atoms with Gasteiger partial charge in [0.05, 0.1) is 49.9 Å². The van der Waals surface area contributed by atoms with Gasteiger partial charge in [-0.15, -0.1) is 0 Å². The van der Waals surface area contributed by atoms with Crippen molar-refractivity contribution in [3.63, 3.8) is 0 Å². The van der Waals surface area contributed by atoms with E-state index in [9.17, 15) is 18.8 Å². The highest BCUT2D eigenvalue weighted by Crippen LogP contribution is 2.45. The van der Waals surface area contributed by atoms with E-state index in [0.717, 1.165) is 6.07 Å². The second-order valence-corrected chi connectivity index (χ2v) is 10.6. The van der Waals surface area contributed by atoms with Gasteiger partial charge in [-0.1, -0.05) is 20.8 Å². The summed E-state index contributed by atoms with van der Waals surface area (Å²) < 4.78 is 55.8. The van der Waals surface area contributed by atoms with Crippen LogP contribution < -0.4 is 19.3 Å². The fourth-order valence-corrected chi connectivity index (χ4v) is 5.40. The first-order chi connectivity index (χ1) is 21.5. The fourth-order valence-electron chi connectivity index (χ4n) is 5.40. The number of nitriles is 1. The zero-order chi connectivity index (χ0) is 33.1. The van der Waals surface area contributed by atoms with Gasteiger partial charge in [0.25, 0.3) is 0 Å². The highest BCUT2D eigenvalue weighted by atomic mass is 19.3. The monoisotopic (exact) mass is 622 g/mol. The number of carbonyl (C=O) groups excluding carboxylic acids is 1. The predicted octanol–water partition coefficient (Wildman–Crippen LogP) is 6.93. The SMILES string of the molecule is CC.CCc1cc(C#N)cc(F)c1N(C)c1cc2c(ncn2C)c(N(Cc2ccc(OC)cc2OC)C(=O)C2CC(F)(F)C2)n1.